The lowest BCUT2D eigenvalue weighted by atomic mass is 10.1. The molecule has 0 saturated heterocycles. The van der Waals surface area contributed by atoms with Crippen LogP contribution in [0.4, 0.5) is 4.39 Å². The van der Waals surface area contributed by atoms with Crippen molar-refractivity contribution in [2.24, 2.45) is 0 Å². The van der Waals surface area contributed by atoms with Gasteiger partial charge in [-0.1, -0.05) is 18.2 Å². The van der Waals surface area contributed by atoms with E-state index in [1.54, 1.807) is 30.3 Å². The molecule has 0 bridgehead atoms. The molecular weight excluding hydrogens is 255 g/mol. The predicted octanol–water partition coefficient (Wildman–Crippen LogP) is 2.46. The maximum absolute atomic E-state index is 13.1. The van der Waals surface area contributed by atoms with E-state index in [1.807, 2.05) is 18.2 Å². The molecular formula is C16H17FN2O. The summed E-state index contributed by atoms with van der Waals surface area (Å²) in [6, 6.07) is 11.9. The number of amides is 1. The Hall–Kier alpha value is -2.23. The zero-order valence-electron chi connectivity index (χ0n) is 11.4. The average Bonchev–Trinajstić information content (AvgIpc) is 2.46. The van der Waals surface area contributed by atoms with Crippen molar-refractivity contribution in [3.63, 3.8) is 0 Å². The number of nitrogens with zero attached hydrogens (tertiary/aromatic N) is 2. The highest BCUT2D eigenvalue weighted by Crippen LogP contribution is 2.06. The number of aromatic nitrogens is 1. The van der Waals surface area contributed by atoms with Crippen LogP contribution in [-0.4, -0.2) is 29.4 Å². The van der Waals surface area contributed by atoms with E-state index in [2.05, 4.69) is 4.98 Å². The van der Waals surface area contributed by atoms with Crippen LogP contribution in [0.15, 0.2) is 48.7 Å². The first-order chi connectivity index (χ1) is 9.65. The van der Waals surface area contributed by atoms with Gasteiger partial charge < -0.3 is 4.90 Å². The molecule has 3 nitrogen and oxygen atoms in total. The number of rotatable bonds is 5. The van der Waals surface area contributed by atoms with Crippen LogP contribution in [-0.2, 0) is 17.6 Å². The Kier molecular flexibility index (Phi) is 4.82. The predicted molar refractivity (Wildman–Crippen MR) is 75.7 cm³/mol. The first-order valence-corrected chi connectivity index (χ1v) is 6.53. The number of carbonyl (C=O) groups excluding carboxylic acids is 1. The van der Waals surface area contributed by atoms with Crippen molar-refractivity contribution in [1.29, 1.82) is 0 Å². The van der Waals surface area contributed by atoms with Gasteiger partial charge in [0.05, 0.1) is 6.42 Å². The van der Waals surface area contributed by atoms with E-state index in [-0.39, 0.29) is 18.1 Å². The summed E-state index contributed by atoms with van der Waals surface area (Å²) in [5.74, 6) is -0.335. The van der Waals surface area contributed by atoms with Gasteiger partial charge in [0.25, 0.3) is 0 Å². The fraction of sp³-hybridized carbons (Fsp3) is 0.250. The Morgan fingerprint density at radius 1 is 1.25 bits per heavy atom. The number of carbonyl (C=O) groups is 1. The number of likely N-dealkylation sites (N-methyl/N-ethyl adjacent to an activating group) is 1. The quantitative estimate of drug-likeness (QED) is 0.837. The van der Waals surface area contributed by atoms with Crippen molar-refractivity contribution < 1.29 is 9.18 Å². The molecule has 0 aliphatic rings. The van der Waals surface area contributed by atoms with E-state index in [4.69, 9.17) is 0 Å². The summed E-state index contributed by atoms with van der Waals surface area (Å²) in [6.45, 7) is 0.602. The second-order valence-electron chi connectivity index (χ2n) is 4.69. The van der Waals surface area contributed by atoms with Crippen molar-refractivity contribution in [1.82, 2.24) is 9.88 Å². The molecule has 1 aromatic heterocycles. The zero-order chi connectivity index (χ0) is 14.4. The van der Waals surface area contributed by atoms with Crippen LogP contribution in [0.3, 0.4) is 0 Å². The Bertz CT molecular complexity index is 572. The summed E-state index contributed by atoms with van der Waals surface area (Å²) >= 11 is 0. The first-order valence-electron chi connectivity index (χ1n) is 6.53. The second kappa shape index (κ2) is 6.80. The van der Waals surface area contributed by atoms with Crippen LogP contribution in [0.2, 0.25) is 0 Å². The van der Waals surface area contributed by atoms with Gasteiger partial charge in [-0.2, -0.15) is 0 Å². The summed E-state index contributed by atoms with van der Waals surface area (Å²) < 4.78 is 13.1. The standard InChI is InChI=1S/C16H17FN2O/c1-19(10-8-15-7-2-3-9-18-15)16(20)12-13-5-4-6-14(17)11-13/h2-7,9,11H,8,10,12H2,1H3. The first kappa shape index (κ1) is 14.2. The van der Waals surface area contributed by atoms with Crippen molar-refractivity contribution in [3.8, 4) is 0 Å². The number of halogens is 1. The summed E-state index contributed by atoms with van der Waals surface area (Å²) in [7, 11) is 1.75. The Morgan fingerprint density at radius 3 is 2.80 bits per heavy atom. The van der Waals surface area contributed by atoms with Crippen LogP contribution >= 0.6 is 0 Å². The van der Waals surface area contributed by atoms with E-state index in [0.29, 0.717) is 18.5 Å². The lowest BCUT2D eigenvalue weighted by molar-refractivity contribution is -0.129. The third-order valence-electron chi connectivity index (χ3n) is 3.10. The molecule has 20 heavy (non-hydrogen) atoms. The van der Waals surface area contributed by atoms with Crippen LogP contribution in [0.1, 0.15) is 11.3 Å². The molecule has 0 aliphatic carbocycles. The van der Waals surface area contributed by atoms with Gasteiger partial charge in [-0.05, 0) is 29.8 Å². The molecule has 0 aliphatic heterocycles. The highest BCUT2D eigenvalue weighted by atomic mass is 19.1. The minimum Gasteiger partial charge on any atom is -0.345 e. The molecule has 104 valence electrons. The number of pyridine rings is 1. The molecule has 2 aromatic rings. The topological polar surface area (TPSA) is 33.2 Å². The molecule has 0 unspecified atom stereocenters. The van der Waals surface area contributed by atoms with Crippen molar-refractivity contribution in [2.45, 2.75) is 12.8 Å². The van der Waals surface area contributed by atoms with Gasteiger partial charge in [0.1, 0.15) is 5.82 Å². The lowest BCUT2D eigenvalue weighted by Crippen LogP contribution is -2.30. The molecule has 2 rings (SSSR count). The summed E-state index contributed by atoms with van der Waals surface area (Å²) in [5, 5.41) is 0. The van der Waals surface area contributed by atoms with E-state index >= 15 is 0 Å². The van der Waals surface area contributed by atoms with E-state index in [0.717, 1.165) is 5.69 Å². The van der Waals surface area contributed by atoms with Crippen LogP contribution in [0, 0.1) is 5.82 Å². The van der Waals surface area contributed by atoms with Gasteiger partial charge in [-0.15, -0.1) is 0 Å². The van der Waals surface area contributed by atoms with Crippen LogP contribution < -0.4 is 0 Å². The average molecular weight is 272 g/mol. The maximum atomic E-state index is 13.1. The lowest BCUT2D eigenvalue weighted by Gasteiger charge is -2.17. The smallest absolute Gasteiger partial charge is 0.226 e. The van der Waals surface area contributed by atoms with E-state index < -0.39 is 0 Å². The third kappa shape index (κ3) is 4.16. The molecule has 1 heterocycles. The van der Waals surface area contributed by atoms with Gasteiger partial charge in [0.15, 0.2) is 0 Å². The Labute approximate surface area is 118 Å². The van der Waals surface area contributed by atoms with Gasteiger partial charge in [0, 0.05) is 31.9 Å². The van der Waals surface area contributed by atoms with Gasteiger partial charge in [-0.3, -0.25) is 9.78 Å². The summed E-state index contributed by atoms with van der Waals surface area (Å²) in [6.07, 6.45) is 2.67. The normalized spacial score (nSPS) is 10.3. The van der Waals surface area contributed by atoms with Gasteiger partial charge >= 0.3 is 0 Å². The third-order valence-corrected chi connectivity index (χ3v) is 3.10. The van der Waals surface area contributed by atoms with Crippen molar-refractivity contribution >= 4 is 5.91 Å². The largest absolute Gasteiger partial charge is 0.345 e. The van der Waals surface area contributed by atoms with E-state index in [1.165, 1.54) is 12.1 Å². The molecule has 0 radical (unpaired) electrons. The Balaban J connectivity index is 1.86. The van der Waals surface area contributed by atoms with Crippen LogP contribution in [0.25, 0.3) is 0 Å². The molecule has 1 amide bonds. The molecule has 0 N–H and O–H groups in total. The number of hydrogen-bond acceptors (Lipinski definition) is 2. The molecule has 4 heteroatoms. The second-order valence-corrected chi connectivity index (χ2v) is 4.69. The van der Waals surface area contributed by atoms with Crippen molar-refractivity contribution in [3.05, 3.63) is 65.7 Å². The monoisotopic (exact) mass is 272 g/mol. The fourth-order valence-corrected chi connectivity index (χ4v) is 1.91. The number of benzene rings is 1. The fourth-order valence-electron chi connectivity index (χ4n) is 1.91. The Morgan fingerprint density at radius 2 is 2.10 bits per heavy atom. The van der Waals surface area contributed by atoms with Crippen molar-refractivity contribution in [2.75, 3.05) is 13.6 Å². The van der Waals surface area contributed by atoms with E-state index in [9.17, 15) is 9.18 Å². The summed E-state index contributed by atoms with van der Waals surface area (Å²) in [4.78, 5) is 17.9. The SMILES string of the molecule is CN(CCc1ccccn1)C(=O)Cc1cccc(F)c1. The van der Waals surface area contributed by atoms with Gasteiger partial charge in [0.2, 0.25) is 5.91 Å². The molecule has 0 fully saturated rings. The number of hydrogen-bond donors (Lipinski definition) is 0. The maximum Gasteiger partial charge on any atom is 0.226 e. The molecule has 1 aromatic carbocycles. The molecule has 0 saturated carbocycles. The van der Waals surface area contributed by atoms with Gasteiger partial charge in [-0.25, -0.2) is 4.39 Å². The summed E-state index contributed by atoms with van der Waals surface area (Å²) in [5.41, 5.74) is 1.65. The molecule has 0 spiro atoms. The minimum atomic E-state index is -0.313. The highest BCUT2D eigenvalue weighted by Gasteiger charge is 2.10. The zero-order valence-corrected chi connectivity index (χ0v) is 11.4. The van der Waals surface area contributed by atoms with Crippen LogP contribution in [0.5, 0.6) is 0 Å². The minimum absolute atomic E-state index is 0.0217. The molecule has 0 atom stereocenters. The highest BCUT2D eigenvalue weighted by molar-refractivity contribution is 5.78.